The topological polar surface area (TPSA) is 81.0 Å². The van der Waals surface area contributed by atoms with Gasteiger partial charge in [0.2, 0.25) is 0 Å². The molecule has 0 bridgehead atoms. The summed E-state index contributed by atoms with van der Waals surface area (Å²) in [5.41, 5.74) is 1.74. The van der Waals surface area contributed by atoms with E-state index in [-0.39, 0.29) is 11.7 Å². The van der Waals surface area contributed by atoms with Crippen LogP contribution in [-0.2, 0) is 0 Å². The summed E-state index contributed by atoms with van der Waals surface area (Å²) in [6.07, 6.45) is 5.65. The van der Waals surface area contributed by atoms with Crippen LogP contribution in [0.1, 0.15) is 30.5 Å². The van der Waals surface area contributed by atoms with Gasteiger partial charge in [-0.15, -0.1) is 0 Å². The molecule has 2 aromatic rings. The molecule has 2 aromatic heterocycles. The first kappa shape index (κ1) is 13.9. The van der Waals surface area contributed by atoms with E-state index in [9.17, 15) is 10.1 Å². The second kappa shape index (κ2) is 6.10. The summed E-state index contributed by atoms with van der Waals surface area (Å²) in [5, 5.41) is 14.1. The number of nitrogens with zero attached hydrogens (tertiary/aromatic N) is 3. The average molecular weight is 272 g/mol. The second-order valence-electron chi connectivity index (χ2n) is 4.50. The van der Waals surface area contributed by atoms with Crippen molar-refractivity contribution in [3.63, 3.8) is 0 Å². The van der Waals surface area contributed by atoms with Crippen LogP contribution in [-0.4, -0.2) is 14.9 Å². The summed E-state index contributed by atoms with van der Waals surface area (Å²) in [6, 6.07) is 5.69. The maximum atomic E-state index is 10.8. The predicted molar refractivity (Wildman–Crippen MR) is 76.5 cm³/mol. The lowest BCUT2D eigenvalue weighted by Gasteiger charge is -2.18. The zero-order valence-corrected chi connectivity index (χ0v) is 11.4. The van der Waals surface area contributed by atoms with Crippen molar-refractivity contribution in [2.45, 2.75) is 26.3 Å². The SMILES string of the molecule is CCC(Nc1cc(C)c([N+](=O)[O-])cn1)c1ccncc1. The van der Waals surface area contributed by atoms with Gasteiger partial charge in [-0.25, -0.2) is 4.98 Å². The molecular formula is C14H16N4O2. The zero-order chi connectivity index (χ0) is 14.5. The fourth-order valence-electron chi connectivity index (χ4n) is 2.01. The van der Waals surface area contributed by atoms with Crippen LogP contribution < -0.4 is 5.32 Å². The molecular weight excluding hydrogens is 256 g/mol. The third-order valence-corrected chi connectivity index (χ3v) is 3.12. The molecule has 2 heterocycles. The summed E-state index contributed by atoms with van der Waals surface area (Å²) < 4.78 is 0. The number of anilines is 1. The first-order valence-electron chi connectivity index (χ1n) is 6.39. The van der Waals surface area contributed by atoms with Gasteiger partial charge in [0.15, 0.2) is 0 Å². The molecule has 0 saturated carbocycles. The Kier molecular flexibility index (Phi) is 4.24. The van der Waals surface area contributed by atoms with E-state index in [2.05, 4.69) is 22.2 Å². The molecule has 0 aliphatic rings. The van der Waals surface area contributed by atoms with Crippen LogP contribution >= 0.6 is 0 Å². The van der Waals surface area contributed by atoms with Gasteiger partial charge in [0, 0.05) is 18.0 Å². The Hall–Kier alpha value is -2.50. The Morgan fingerprint density at radius 1 is 1.40 bits per heavy atom. The first-order chi connectivity index (χ1) is 9.61. The number of aryl methyl sites for hydroxylation is 1. The van der Waals surface area contributed by atoms with E-state index in [0.29, 0.717) is 11.4 Å². The van der Waals surface area contributed by atoms with Gasteiger partial charge in [0.05, 0.1) is 11.0 Å². The van der Waals surface area contributed by atoms with E-state index in [1.807, 2.05) is 12.1 Å². The van der Waals surface area contributed by atoms with Gasteiger partial charge in [-0.3, -0.25) is 15.1 Å². The van der Waals surface area contributed by atoms with Gasteiger partial charge < -0.3 is 5.32 Å². The van der Waals surface area contributed by atoms with E-state index < -0.39 is 4.92 Å². The van der Waals surface area contributed by atoms with E-state index in [1.54, 1.807) is 25.4 Å². The monoisotopic (exact) mass is 272 g/mol. The van der Waals surface area contributed by atoms with Crippen molar-refractivity contribution in [2.24, 2.45) is 0 Å². The van der Waals surface area contributed by atoms with Crippen LogP contribution in [0.3, 0.4) is 0 Å². The number of nitrogens with one attached hydrogen (secondary N) is 1. The lowest BCUT2D eigenvalue weighted by atomic mass is 10.1. The standard InChI is InChI=1S/C14H16N4O2/c1-3-12(11-4-6-15-7-5-11)17-14-8-10(2)13(9-16-14)18(19)20/h4-9,12H,3H2,1-2H3,(H,16,17). The fourth-order valence-corrected chi connectivity index (χ4v) is 2.01. The van der Waals surface area contributed by atoms with Gasteiger partial charge in [-0.2, -0.15) is 0 Å². The highest BCUT2D eigenvalue weighted by atomic mass is 16.6. The first-order valence-corrected chi connectivity index (χ1v) is 6.39. The minimum Gasteiger partial charge on any atom is -0.363 e. The molecule has 0 radical (unpaired) electrons. The summed E-state index contributed by atoms with van der Waals surface area (Å²) >= 11 is 0. The van der Waals surface area contributed by atoms with E-state index in [0.717, 1.165) is 12.0 Å². The summed E-state index contributed by atoms with van der Waals surface area (Å²) in [5.74, 6) is 0.636. The number of hydrogen-bond acceptors (Lipinski definition) is 5. The van der Waals surface area contributed by atoms with Gasteiger partial charge in [-0.1, -0.05) is 6.92 Å². The molecule has 6 heteroatoms. The number of hydrogen-bond donors (Lipinski definition) is 1. The average Bonchev–Trinajstić information content (AvgIpc) is 2.45. The Balaban J connectivity index is 2.20. The van der Waals surface area contributed by atoms with Crippen molar-refractivity contribution in [3.8, 4) is 0 Å². The molecule has 20 heavy (non-hydrogen) atoms. The summed E-state index contributed by atoms with van der Waals surface area (Å²) in [7, 11) is 0. The quantitative estimate of drug-likeness (QED) is 0.667. The van der Waals surface area contributed by atoms with Crippen LogP contribution in [0.2, 0.25) is 0 Å². The zero-order valence-electron chi connectivity index (χ0n) is 11.4. The molecule has 1 unspecified atom stereocenters. The molecule has 0 amide bonds. The third-order valence-electron chi connectivity index (χ3n) is 3.12. The number of pyridine rings is 2. The van der Waals surface area contributed by atoms with E-state index in [4.69, 9.17) is 0 Å². The van der Waals surface area contributed by atoms with Gasteiger partial charge in [0.25, 0.3) is 5.69 Å². The van der Waals surface area contributed by atoms with Gasteiger partial charge in [0.1, 0.15) is 12.0 Å². The van der Waals surface area contributed by atoms with Crippen molar-refractivity contribution in [1.82, 2.24) is 9.97 Å². The Morgan fingerprint density at radius 2 is 2.10 bits per heavy atom. The van der Waals surface area contributed by atoms with Crippen molar-refractivity contribution in [1.29, 1.82) is 0 Å². The van der Waals surface area contributed by atoms with Crippen LogP contribution in [0.15, 0.2) is 36.8 Å². The van der Waals surface area contributed by atoms with Crippen LogP contribution in [0.5, 0.6) is 0 Å². The molecule has 0 fully saturated rings. The van der Waals surface area contributed by atoms with Crippen molar-refractivity contribution < 1.29 is 4.92 Å². The van der Waals surface area contributed by atoms with Gasteiger partial charge >= 0.3 is 0 Å². The Bertz CT molecular complexity index is 601. The van der Waals surface area contributed by atoms with Crippen LogP contribution in [0.4, 0.5) is 11.5 Å². The maximum absolute atomic E-state index is 10.8. The Labute approximate surface area is 117 Å². The third kappa shape index (κ3) is 3.09. The highest BCUT2D eigenvalue weighted by Crippen LogP contribution is 2.24. The maximum Gasteiger partial charge on any atom is 0.290 e. The van der Waals surface area contributed by atoms with Crippen molar-refractivity contribution >= 4 is 11.5 Å². The molecule has 104 valence electrons. The molecule has 0 aliphatic heterocycles. The number of rotatable bonds is 5. The lowest BCUT2D eigenvalue weighted by molar-refractivity contribution is -0.385. The molecule has 2 rings (SSSR count). The fraction of sp³-hybridized carbons (Fsp3) is 0.286. The Morgan fingerprint density at radius 3 is 2.65 bits per heavy atom. The second-order valence-corrected chi connectivity index (χ2v) is 4.50. The van der Waals surface area contributed by atoms with Gasteiger partial charge in [-0.05, 0) is 37.1 Å². The highest BCUT2D eigenvalue weighted by molar-refractivity contribution is 5.48. The molecule has 0 spiro atoms. The van der Waals surface area contributed by atoms with E-state index in [1.165, 1.54) is 6.20 Å². The number of aromatic nitrogens is 2. The van der Waals surface area contributed by atoms with Crippen molar-refractivity contribution in [3.05, 3.63) is 58.0 Å². The predicted octanol–water partition coefficient (Wildman–Crippen LogP) is 3.26. The molecule has 6 nitrogen and oxygen atoms in total. The molecule has 1 N–H and O–H groups in total. The van der Waals surface area contributed by atoms with Crippen LogP contribution in [0.25, 0.3) is 0 Å². The highest BCUT2D eigenvalue weighted by Gasteiger charge is 2.14. The summed E-state index contributed by atoms with van der Waals surface area (Å²) in [6.45, 7) is 3.77. The minimum absolute atomic E-state index is 0.0347. The number of nitro groups is 1. The molecule has 0 aromatic carbocycles. The molecule has 0 saturated heterocycles. The molecule has 1 atom stereocenters. The largest absolute Gasteiger partial charge is 0.363 e. The molecule has 0 aliphatic carbocycles. The van der Waals surface area contributed by atoms with Crippen molar-refractivity contribution in [2.75, 3.05) is 5.32 Å². The lowest BCUT2D eigenvalue weighted by Crippen LogP contribution is -2.11. The van der Waals surface area contributed by atoms with Crippen LogP contribution in [0, 0.1) is 17.0 Å². The summed E-state index contributed by atoms with van der Waals surface area (Å²) in [4.78, 5) is 18.4. The minimum atomic E-state index is -0.424. The van der Waals surface area contributed by atoms with E-state index >= 15 is 0 Å². The normalized spacial score (nSPS) is 11.9. The smallest absolute Gasteiger partial charge is 0.290 e.